The Bertz CT molecular complexity index is 465. The molecule has 1 aromatic heterocycles. The number of carbonyl (C=O) groups excluding carboxylic acids is 1. The molecule has 5 heteroatoms. The summed E-state index contributed by atoms with van der Waals surface area (Å²) in [7, 11) is 1.56. The molecule has 1 amide bonds. The first kappa shape index (κ1) is 15.8. The number of rotatable bonds is 5. The molecule has 0 spiro atoms. The number of pyridine rings is 1. The van der Waals surface area contributed by atoms with Crippen LogP contribution in [0.2, 0.25) is 0 Å². The van der Waals surface area contributed by atoms with Crippen LogP contribution in [-0.4, -0.2) is 30.2 Å². The molecule has 0 unspecified atom stereocenters. The van der Waals surface area contributed by atoms with E-state index in [9.17, 15) is 4.79 Å². The highest BCUT2D eigenvalue weighted by atomic mass is 16.5. The first-order chi connectivity index (χ1) is 10.1. The van der Waals surface area contributed by atoms with Gasteiger partial charge in [-0.2, -0.15) is 0 Å². The van der Waals surface area contributed by atoms with E-state index in [-0.39, 0.29) is 5.91 Å². The van der Waals surface area contributed by atoms with Gasteiger partial charge in [0.25, 0.3) is 5.91 Å². The number of methoxy groups -OCH3 is 1. The van der Waals surface area contributed by atoms with Gasteiger partial charge < -0.3 is 14.8 Å². The Morgan fingerprint density at radius 1 is 1.43 bits per heavy atom. The smallest absolute Gasteiger partial charge is 0.256 e. The zero-order valence-corrected chi connectivity index (χ0v) is 13.0. The summed E-state index contributed by atoms with van der Waals surface area (Å²) in [5.74, 6) is 1.12. The average Bonchev–Trinajstić information content (AvgIpc) is 2.51. The van der Waals surface area contributed by atoms with Crippen LogP contribution in [0.15, 0.2) is 18.3 Å². The van der Waals surface area contributed by atoms with Crippen molar-refractivity contribution in [1.29, 1.82) is 0 Å². The van der Waals surface area contributed by atoms with E-state index in [2.05, 4.69) is 17.2 Å². The van der Waals surface area contributed by atoms with Crippen molar-refractivity contribution >= 4 is 11.6 Å². The Kier molecular flexibility index (Phi) is 5.17. The van der Waals surface area contributed by atoms with E-state index >= 15 is 0 Å². The molecule has 116 valence electrons. The first-order valence-corrected chi connectivity index (χ1v) is 7.55. The molecule has 0 bridgehead atoms. The van der Waals surface area contributed by atoms with Gasteiger partial charge in [-0.15, -0.1) is 0 Å². The number of hydrogen-bond acceptors (Lipinski definition) is 4. The molecule has 1 aliphatic carbocycles. The monoisotopic (exact) mass is 292 g/mol. The Hall–Kier alpha value is -1.62. The van der Waals surface area contributed by atoms with Crippen LogP contribution in [0.1, 0.15) is 39.5 Å². The van der Waals surface area contributed by atoms with E-state index in [0.29, 0.717) is 24.1 Å². The zero-order chi connectivity index (χ0) is 15.3. The van der Waals surface area contributed by atoms with Crippen LogP contribution in [-0.2, 0) is 9.53 Å². The van der Waals surface area contributed by atoms with Crippen molar-refractivity contribution in [2.24, 2.45) is 5.92 Å². The Morgan fingerprint density at radius 3 is 2.67 bits per heavy atom. The molecule has 5 nitrogen and oxygen atoms in total. The lowest BCUT2D eigenvalue weighted by Gasteiger charge is -2.37. The van der Waals surface area contributed by atoms with Gasteiger partial charge in [0, 0.05) is 12.7 Å². The summed E-state index contributed by atoms with van der Waals surface area (Å²) in [6.07, 6.45) is 5.19. The van der Waals surface area contributed by atoms with Crippen LogP contribution in [0.4, 0.5) is 5.69 Å². The van der Waals surface area contributed by atoms with Crippen LogP contribution in [0.3, 0.4) is 0 Å². The summed E-state index contributed by atoms with van der Waals surface area (Å²) in [6, 6.07) is 3.51. The van der Waals surface area contributed by atoms with Crippen molar-refractivity contribution in [2.75, 3.05) is 19.0 Å². The van der Waals surface area contributed by atoms with E-state index in [1.807, 2.05) is 6.92 Å². The maximum atomic E-state index is 12.6. The number of carbonyl (C=O) groups is 1. The van der Waals surface area contributed by atoms with Crippen LogP contribution in [0.5, 0.6) is 5.88 Å². The van der Waals surface area contributed by atoms with E-state index in [4.69, 9.17) is 9.47 Å². The van der Waals surface area contributed by atoms with Gasteiger partial charge in [-0.25, -0.2) is 4.98 Å². The Labute approximate surface area is 126 Å². The number of nitrogens with zero attached hydrogens (tertiary/aromatic N) is 1. The summed E-state index contributed by atoms with van der Waals surface area (Å²) >= 11 is 0. The van der Waals surface area contributed by atoms with Gasteiger partial charge in [0.15, 0.2) is 0 Å². The third kappa shape index (κ3) is 3.73. The fourth-order valence-corrected chi connectivity index (χ4v) is 2.76. The lowest BCUT2D eigenvalue weighted by atomic mass is 9.78. The second-order valence-corrected chi connectivity index (χ2v) is 5.65. The summed E-state index contributed by atoms with van der Waals surface area (Å²) in [6.45, 7) is 4.70. The summed E-state index contributed by atoms with van der Waals surface area (Å²) in [4.78, 5) is 16.7. The van der Waals surface area contributed by atoms with Gasteiger partial charge in [-0.05, 0) is 44.6 Å². The van der Waals surface area contributed by atoms with E-state index in [0.717, 1.165) is 25.7 Å². The quantitative estimate of drug-likeness (QED) is 0.906. The normalized spacial score (nSPS) is 25.4. The van der Waals surface area contributed by atoms with Crippen molar-refractivity contribution < 1.29 is 14.3 Å². The SMILES string of the molecule is CCOC1(C(=O)Nc2ccc(OC)nc2)CCC(C)CC1. The molecule has 1 aliphatic rings. The minimum absolute atomic E-state index is 0.0665. The highest BCUT2D eigenvalue weighted by molar-refractivity contribution is 5.97. The number of aromatic nitrogens is 1. The highest BCUT2D eigenvalue weighted by Crippen LogP contribution is 2.35. The second-order valence-electron chi connectivity index (χ2n) is 5.65. The molecule has 0 aliphatic heterocycles. The maximum absolute atomic E-state index is 12.6. The summed E-state index contributed by atoms with van der Waals surface area (Å²) < 4.78 is 10.9. The van der Waals surface area contributed by atoms with Gasteiger partial charge in [0.05, 0.1) is 19.0 Å². The molecule has 0 radical (unpaired) electrons. The third-order valence-electron chi connectivity index (χ3n) is 4.12. The van der Waals surface area contributed by atoms with Crippen molar-refractivity contribution in [3.63, 3.8) is 0 Å². The highest BCUT2D eigenvalue weighted by Gasteiger charge is 2.41. The number of nitrogens with one attached hydrogen (secondary N) is 1. The van der Waals surface area contributed by atoms with Gasteiger partial charge in [-0.1, -0.05) is 6.92 Å². The Balaban J connectivity index is 2.07. The van der Waals surface area contributed by atoms with E-state index < -0.39 is 5.60 Å². The fourth-order valence-electron chi connectivity index (χ4n) is 2.76. The fraction of sp³-hybridized carbons (Fsp3) is 0.625. The first-order valence-electron chi connectivity index (χ1n) is 7.55. The molecule has 1 N–H and O–H groups in total. The second kappa shape index (κ2) is 6.89. The molecule has 0 saturated heterocycles. The van der Waals surface area contributed by atoms with Crippen molar-refractivity contribution in [3.8, 4) is 5.88 Å². The molecule has 0 atom stereocenters. The number of anilines is 1. The van der Waals surface area contributed by atoms with Crippen LogP contribution in [0, 0.1) is 5.92 Å². The molecule has 1 saturated carbocycles. The van der Waals surface area contributed by atoms with Crippen LogP contribution < -0.4 is 10.1 Å². The van der Waals surface area contributed by atoms with Gasteiger partial charge in [-0.3, -0.25) is 4.79 Å². The minimum atomic E-state index is -0.693. The lowest BCUT2D eigenvalue weighted by molar-refractivity contribution is -0.146. The lowest BCUT2D eigenvalue weighted by Crippen LogP contribution is -2.48. The third-order valence-corrected chi connectivity index (χ3v) is 4.12. The predicted molar refractivity (Wildman–Crippen MR) is 81.4 cm³/mol. The number of amides is 1. The Morgan fingerprint density at radius 2 is 2.14 bits per heavy atom. The van der Waals surface area contributed by atoms with E-state index in [1.165, 1.54) is 0 Å². The van der Waals surface area contributed by atoms with Gasteiger partial charge in [0.1, 0.15) is 5.60 Å². The number of hydrogen-bond donors (Lipinski definition) is 1. The standard InChI is InChI=1S/C16H24N2O3/c1-4-21-16(9-7-12(2)8-10-16)15(19)18-13-5-6-14(20-3)17-11-13/h5-6,11-12H,4,7-10H2,1-3H3,(H,18,19). The topological polar surface area (TPSA) is 60.5 Å². The average molecular weight is 292 g/mol. The molecule has 21 heavy (non-hydrogen) atoms. The molecule has 1 fully saturated rings. The minimum Gasteiger partial charge on any atom is -0.481 e. The van der Waals surface area contributed by atoms with Crippen molar-refractivity contribution in [1.82, 2.24) is 4.98 Å². The molecular formula is C16H24N2O3. The van der Waals surface area contributed by atoms with Gasteiger partial charge in [0.2, 0.25) is 5.88 Å². The molecular weight excluding hydrogens is 268 g/mol. The summed E-state index contributed by atoms with van der Waals surface area (Å²) in [5, 5.41) is 2.92. The van der Waals surface area contributed by atoms with Crippen molar-refractivity contribution in [3.05, 3.63) is 18.3 Å². The molecule has 1 heterocycles. The molecule has 0 aromatic carbocycles. The van der Waals surface area contributed by atoms with Crippen LogP contribution >= 0.6 is 0 Å². The van der Waals surface area contributed by atoms with E-state index in [1.54, 1.807) is 25.4 Å². The molecule has 1 aromatic rings. The maximum Gasteiger partial charge on any atom is 0.256 e. The van der Waals surface area contributed by atoms with Crippen LogP contribution in [0.25, 0.3) is 0 Å². The molecule has 2 rings (SSSR count). The van der Waals surface area contributed by atoms with Crippen molar-refractivity contribution in [2.45, 2.75) is 45.1 Å². The predicted octanol–water partition coefficient (Wildman–Crippen LogP) is 3.01. The zero-order valence-electron chi connectivity index (χ0n) is 13.0. The largest absolute Gasteiger partial charge is 0.481 e. The summed E-state index contributed by atoms with van der Waals surface area (Å²) in [5.41, 5.74) is -0.0280. The van der Waals surface area contributed by atoms with Gasteiger partial charge >= 0.3 is 0 Å². The number of ether oxygens (including phenoxy) is 2.